The van der Waals surface area contributed by atoms with E-state index >= 15 is 0 Å². The number of carbonyl (C=O) groups is 1. The maximum atomic E-state index is 13.1. The van der Waals surface area contributed by atoms with Gasteiger partial charge in [0, 0.05) is 12.5 Å². The third-order valence-electron chi connectivity index (χ3n) is 5.19. The molecule has 1 amide bonds. The van der Waals surface area contributed by atoms with Crippen LogP contribution < -0.4 is 10.0 Å². The Labute approximate surface area is 188 Å². The van der Waals surface area contributed by atoms with Crippen LogP contribution in [0.1, 0.15) is 45.9 Å². The number of nitrogens with one attached hydrogen (secondary N) is 2. The Bertz CT molecular complexity index is 1300. The highest BCUT2D eigenvalue weighted by Crippen LogP contribution is 2.43. The van der Waals surface area contributed by atoms with E-state index in [0.717, 1.165) is 31.2 Å². The molecule has 174 valence electrons. The molecule has 2 N–H and O–H groups in total. The Morgan fingerprint density at radius 3 is 2.55 bits per heavy atom. The van der Waals surface area contributed by atoms with Crippen molar-refractivity contribution in [1.82, 2.24) is 15.1 Å². The van der Waals surface area contributed by atoms with Gasteiger partial charge >= 0.3 is 6.18 Å². The SMILES string of the molecule is CS(=O)(=O)Nc1ccccc1CNC(=O)c1cnn(-c2cccc(C(F)(F)F)c2)c1C1CC1. The minimum atomic E-state index is -4.49. The summed E-state index contributed by atoms with van der Waals surface area (Å²) in [5.41, 5.74) is 1.20. The Balaban J connectivity index is 1.59. The van der Waals surface area contributed by atoms with Crippen LogP contribution in [0.2, 0.25) is 0 Å². The summed E-state index contributed by atoms with van der Waals surface area (Å²) in [5.74, 6) is -0.411. The highest BCUT2D eigenvalue weighted by Gasteiger charge is 2.34. The van der Waals surface area contributed by atoms with Crippen molar-refractivity contribution < 1.29 is 26.4 Å². The van der Waals surface area contributed by atoms with Crippen LogP contribution in [0, 0.1) is 0 Å². The number of anilines is 1. The van der Waals surface area contributed by atoms with Gasteiger partial charge in [0.15, 0.2) is 0 Å². The fraction of sp³-hybridized carbons (Fsp3) is 0.273. The van der Waals surface area contributed by atoms with Gasteiger partial charge in [-0.15, -0.1) is 0 Å². The van der Waals surface area contributed by atoms with E-state index in [4.69, 9.17) is 0 Å². The van der Waals surface area contributed by atoms with Gasteiger partial charge in [0.2, 0.25) is 10.0 Å². The van der Waals surface area contributed by atoms with Crippen molar-refractivity contribution in [2.24, 2.45) is 0 Å². The first-order valence-electron chi connectivity index (χ1n) is 10.1. The molecule has 0 aliphatic heterocycles. The molecule has 1 saturated carbocycles. The van der Waals surface area contributed by atoms with Gasteiger partial charge < -0.3 is 5.32 Å². The van der Waals surface area contributed by atoms with Crippen LogP contribution in [-0.2, 0) is 22.7 Å². The smallest absolute Gasteiger partial charge is 0.348 e. The number of aromatic nitrogens is 2. The predicted octanol–water partition coefficient (Wildman–Crippen LogP) is 4.07. The summed E-state index contributed by atoms with van der Waals surface area (Å²) in [6.45, 7) is 0.0520. The van der Waals surface area contributed by atoms with Crippen molar-refractivity contribution in [1.29, 1.82) is 0 Å². The monoisotopic (exact) mass is 478 g/mol. The number of hydrogen-bond donors (Lipinski definition) is 2. The lowest BCUT2D eigenvalue weighted by Gasteiger charge is -2.13. The third kappa shape index (κ3) is 5.36. The lowest BCUT2D eigenvalue weighted by molar-refractivity contribution is -0.137. The number of carbonyl (C=O) groups excluding carboxylic acids is 1. The Morgan fingerprint density at radius 2 is 1.88 bits per heavy atom. The van der Waals surface area contributed by atoms with Crippen molar-refractivity contribution in [3.8, 4) is 5.69 Å². The zero-order chi connectivity index (χ0) is 23.8. The largest absolute Gasteiger partial charge is 0.416 e. The molecule has 0 radical (unpaired) electrons. The van der Waals surface area contributed by atoms with Crippen LogP contribution in [0.5, 0.6) is 0 Å². The second-order valence-corrected chi connectivity index (χ2v) is 9.64. The highest BCUT2D eigenvalue weighted by molar-refractivity contribution is 7.92. The number of para-hydroxylation sites is 1. The number of halogens is 3. The van der Waals surface area contributed by atoms with Crippen LogP contribution in [0.15, 0.2) is 54.7 Å². The summed E-state index contributed by atoms with van der Waals surface area (Å²) < 4.78 is 66.4. The van der Waals surface area contributed by atoms with E-state index < -0.39 is 27.7 Å². The van der Waals surface area contributed by atoms with Crippen molar-refractivity contribution >= 4 is 21.6 Å². The standard InChI is InChI=1S/C22H21F3N4O3S/c1-33(31,32)28-19-8-3-2-5-15(19)12-26-21(30)18-13-27-29(20(18)14-9-10-14)17-7-4-6-16(11-17)22(23,24)25/h2-8,11,13-14,28H,9-10,12H2,1H3,(H,26,30). The normalized spacial score (nSPS) is 14.2. The lowest BCUT2D eigenvalue weighted by atomic mass is 10.1. The third-order valence-corrected chi connectivity index (χ3v) is 5.78. The Hall–Kier alpha value is -3.34. The summed E-state index contributed by atoms with van der Waals surface area (Å²) >= 11 is 0. The number of hydrogen-bond acceptors (Lipinski definition) is 4. The highest BCUT2D eigenvalue weighted by atomic mass is 32.2. The zero-order valence-electron chi connectivity index (χ0n) is 17.6. The van der Waals surface area contributed by atoms with Crippen LogP contribution in [0.25, 0.3) is 5.69 Å². The van der Waals surface area contributed by atoms with E-state index in [2.05, 4.69) is 15.1 Å². The molecule has 1 aliphatic rings. The summed E-state index contributed by atoms with van der Waals surface area (Å²) in [6, 6.07) is 11.5. The number of alkyl halides is 3. The fourth-order valence-electron chi connectivity index (χ4n) is 3.55. The summed E-state index contributed by atoms with van der Waals surface area (Å²) in [6.07, 6.45) is -0.481. The molecule has 0 spiro atoms. The van der Waals surface area contributed by atoms with Gasteiger partial charge in [-0.2, -0.15) is 18.3 Å². The van der Waals surface area contributed by atoms with Crippen LogP contribution >= 0.6 is 0 Å². The van der Waals surface area contributed by atoms with Crippen molar-refractivity contribution in [3.05, 3.63) is 77.1 Å². The molecule has 2 aromatic carbocycles. The van der Waals surface area contributed by atoms with Gasteiger partial charge in [-0.3, -0.25) is 9.52 Å². The molecule has 1 heterocycles. The first kappa shape index (κ1) is 22.8. The molecule has 4 rings (SSSR count). The maximum absolute atomic E-state index is 13.1. The molecule has 3 aromatic rings. The second-order valence-electron chi connectivity index (χ2n) is 7.89. The molecule has 0 atom stereocenters. The molecule has 33 heavy (non-hydrogen) atoms. The maximum Gasteiger partial charge on any atom is 0.416 e. The number of nitrogens with zero attached hydrogens (tertiary/aromatic N) is 2. The number of benzene rings is 2. The first-order valence-corrected chi connectivity index (χ1v) is 12.0. The minimum absolute atomic E-state index is 0.0296. The molecule has 0 bridgehead atoms. The summed E-state index contributed by atoms with van der Waals surface area (Å²) in [7, 11) is -3.50. The molecule has 1 aromatic heterocycles. The van der Waals surface area contributed by atoms with Gasteiger partial charge in [-0.1, -0.05) is 24.3 Å². The van der Waals surface area contributed by atoms with Crippen LogP contribution in [0.4, 0.5) is 18.9 Å². The molecule has 0 saturated heterocycles. The fourth-order valence-corrected chi connectivity index (χ4v) is 4.15. The van der Waals surface area contributed by atoms with E-state index in [9.17, 15) is 26.4 Å². The Morgan fingerprint density at radius 1 is 1.15 bits per heavy atom. The van der Waals surface area contributed by atoms with Gasteiger partial charge in [-0.05, 0) is 42.7 Å². The number of sulfonamides is 1. The number of rotatable bonds is 7. The molecule has 0 unspecified atom stereocenters. The second kappa shape index (κ2) is 8.54. The molecule has 7 nitrogen and oxygen atoms in total. The first-order chi connectivity index (χ1) is 15.5. The van der Waals surface area contributed by atoms with Gasteiger partial charge in [-0.25, -0.2) is 13.1 Å². The van der Waals surface area contributed by atoms with E-state index in [-0.39, 0.29) is 23.7 Å². The zero-order valence-corrected chi connectivity index (χ0v) is 18.4. The molecular weight excluding hydrogens is 457 g/mol. The van der Waals surface area contributed by atoms with Crippen LogP contribution in [0.3, 0.4) is 0 Å². The van der Waals surface area contributed by atoms with Gasteiger partial charge in [0.05, 0.1) is 40.6 Å². The number of amides is 1. The van der Waals surface area contributed by atoms with Crippen molar-refractivity contribution in [3.63, 3.8) is 0 Å². The van der Waals surface area contributed by atoms with Crippen molar-refractivity contribution in [2.45, 2.75) is 31.5 Å². The van der Waals surface area contributed by atoms with Crippen molar-refractivity contribution in [2.75, 3.05) is 11.0 Å². The van der Waals surface area contributed by atoms with E-state index in [1.165, 1.54) is 23.0 Å². The van der Waals surface area contributed by atoms with E-state index in [0.29, 0.717) is 16.9 Å². The average Bonchev–Trinajstić information content (AvgIpc) is 3.49. The van der Waals surface area contributed by atoms with E-state index in [1.807, 2.05) is 0 Å². The molecular formula is C22H21F3N4O3S. The summed E-state index contributed by atoms with van der Waals surface area (Å²) in [5, 5.41) is 6.97. The van der Waals surface area contributed by atoms with Crippen LogP contribution in [-0.4, -0.2) is 30.4 Å². The van der Waals surface area contributed by atoms with E-state index in [1.54, 1.807) is 24.3 Å². The summed E-state index contributed by atoms with van der Waals surface area (Å²) in [4.78, 5) is 13.0. The molecule has 11 heteroatoms. The molecule has 1 fully saturated rings. The Kier molecular flexibility index (Phi) is 5.91. The van der Waals surface area contributed by atoms with Gasteiger partial charge in [0.25, 0.3) is 5.91 Å². The minimum Gasteiger partial charge on any atom is -0.348 e. The quantitative estimate of drug-likeness (QED) is 0.536. The lowest BCUT2D eigenvalue weighted by Crippen LogP contribution is -2.24. The average molecular weight is 478 g/mol. The predicted molar refractivity (Wildman–Crippen MR) is 117 cm³/mol. The topological polar surface area (TPSA) is 93.1 Å². The molecule has 1 aliphatic carbocycles. The van der Waals surface area contributed by atoms with Gasteiger partial charge in [0.1, 0.15) is 0 Å².